The number of piperazine rings is 1. The van der Waals surface area contributed by atoms with Crippen molar-refractivity contribution in [3.05, 3.63) is 46.8 Å². The topological polar surface area (TPSA) is 60.9 Å². The summed E-state index contributed by atoms with van der Waals surface area (Å²) in [6, 6.07) is 6.83. The van der Waals surface area contributed by atoms with Gasteiger partial charge in [0.05, 0.1) is 0 Å². The molecular formula is C19H23N3O3. The molecule has 0 unspecified atom stereocenters. The highest BCUT2D eigenvalue weighted by Crippen LogP contribution is 2.30. The zero-order chi connectivity index (χ0) is 18.1. The molecule has 25 heavy (non-hydrogen) atoms. The van der Waals surface area contributed by atoms with E-state index in [2.05, 4.69) is 11.8 Å². The third-order valence-corrected chi connectivity index (χ3v) is 5.01. The molecule has 0 saturated carbocycles. The zero-order valence-corrected chi connectivity index (χ0v) is 14.9. The van der Waals surface area contributed by atoms with Gasteiger partial charge in [0, 0.05) is 51.3 Å². The lowest BCUT2D eigenvalue weighted by molar-refractivity contribution is -0.125. The highest BCUT2D eigenvalue weighted by atomic mass is 16.2. The van der Waals surface area contributed by atoms with Crippen molar-refractivity contribution in [1.82, 2.24) is 14.7 Å². The van der Waals surface area contributed by atoms with E-state index in [0.717, 1.165) is 19.6 Å². The van der Waals surface area contributed by atoms with Crippen LogP contribution in [0.15, 0.2) is 35.7 Å². The van der Waals surface area contributed by atoms with E-state index in [0.29, 0.717) is 29.9 Å². The highest BCUT2D eigenvalue weighted by Gasteiger charge is 2.38. The quantitative estimate of drug-likeness (QED) is 0.831. The molecule has 0 atom stereocenters. The summed E-state index contributed by atoms with van der Waals surface area (Å²) < 4.78 is 0. The Hall–Kier alpha value is -2.47. The number of ketones is 2. The number of nitrogens with zero attached hydrogens (tertiary/aromatic N) is 3. The molecule has 132 valence electrons. The van der Waals surface area contributed by atoms with Crippen LogP contribution in [-0.4, -0.2) is 71.9 Å². The maximum absolute atomic E-state index is 13.1. The van der Waals surface area contributed by atoms with Gasteiger partial charge in [-0.05, 0) is 6.54 Å². The first-order valence-corrected chi connectivity index (χ1v) is 8.60. The second kappa shape index (κ2) is 6.80. The number of rotatable bonds is 3. The predicted molar refractivity (Wildman–Crippen MR) is 94.3 cm³/mol. The van der Waals surface area contributed by atoms with Crippen molar-refractivity contribution < 1.29 is 14.4 Å². The van der Waals surface area contributed by atoms with Gasteiger partial charge in [-0.3, -0.25) is 14.4 Å². The van der Waals surface area contributed by atoms with Gasteiger partial charge in [-0.15, -0.1) is 0 Å². The van der Waals surface area contributed by atoms with Crippen LogP contribution in [0.4, 0.5) is 0 Å². The van der Waals surface area contributed by atoms with Crippen LogP contribution in [0, 0.1) is 0 Å². The summed E-state index contributed by atoms with van der Waals surface area (Å²) in [5.74, 6) is -0.704. The van der Waals surface area contributed by atoms with E-state index in [1.165, 1.54) is 11.8 Å². The van der Waals surface area contributed by atoms with Crippen molar-refractivity contribution in [3.8, 4) is 0 Å². The van der Waals surface area contributed by atoms with Gasteiger partial charge in [0.15, 0.2) is 0 Å². The number of carbonyl (C=O) groups excluding carboxylic acids is 3. The van der Waals surface area contributed by atoms with Crippen LogP contribution in [0.2, 0.25) is 0 Å². The fourth-order valence-electron chi connectivity index (χ4n) is 3.40. The maximum Gasteiger partial charge on any atom is 0.223 e. The van der Waals surface area contributed by atoms with Crippen molar-refractivity contribution in [2.75, 3.05) is 39.8 Å². The molecule has 1 aliphatic carbocycles. The minimum Gasteiger partial charge on any atom is -0.364 e. The van der Waals surface area contributed by atoms with E-state index in [-0.39, 0.29) is 23.2 Å². The number of hydrogen-bond acceptors (Lipinski definition) is 5. The molecule has 1 saturated heterocycles. The van der Waals surface area contributed by atoms with Gasteiger partial charge in [0.2, 0.25) is 17.5 Å². The van der Waals surface area contributed by atoms with E-state index in [1.807, 2.05) is 4.90 Å². The number of carbonyl (C=O) groups is 3. The van der Waals surface area contributed by atoms with Gasteiger partial charge < -0.3 is 14.7 Å². The monoisotopic (exact) mass is 341 g/mol. The standard InChI is InChI=1S/C19H23N3O3/c1-4-21-9-11-22(12-10-21)17-16(20(3)13(2)23)18(24)14-7-5-6-8-15(14)19(17)25/h5-8H,4,9-12H2,1-3H3. The van der Waals surface area contributed by atoms with Gasteiger partial charge in [-0.2, -0.15) is 0 Å². The van der Waals surface area contributed by atoms with E-state index >= 15 is 0 Å². The molecule has 6 nitrogen and oxygen atoms in total. The lowest BCUT2D eigenvalue weighted by Crippen LogP contribution is -2.49. The molecule has 0 spiro atoms. The second-order valence-corrected chi connectivity index (χ2v) is 6.40. The molecule has 1 aromatic rings. The summed E-state index contributed by atoms with van der Waals surface area (Å²) >= 11 is 0. The Bertz CT molecular complexity index is 761. The summed E-state index contributed by atoms with van der Waals surface area (Å²) in [7, 11) is 1.55. The molecule has 1 heterocycles. The summed E-state index contributed by atoms with van der Waals surface area (Å²) in [5.41, 5.74) is 1.34. The van der Waals surface area contributed by atoms with E-state index in [4.69, 9.17) is 0 Å². The predicted octanol–water partition coefficient (Wildman–Crippen LogP) is 1.39. The molecule has 2 aliphatic rings. The van der Waals surface area contributed by atoms with Crippen LogP contribution in [0.25, 0.3) is 0 Å². The van der Waals surface area contributed by atoms with Crippen LogP contribution >= 0.6 is 0 Å². The molecule has 0 N–H and O–H groups in total. The number of likely N-dealkylation sites (N-methyl/N-ethyl adjacent to an activating group) is 2. The van der Waals surface area contributed by atoms with Gasteiger partial charge in [0.1, 0.15) is 11.4 Å². The van der Waals surface area contributed by atoms with E-state index < -0.39 is 0 Å². The first-order valence-electron chi connectivity index (χ1n) is 8.60. The van der Waals surface area contributed by atoms with Crippen LogP contribution in [0.3, 0.4) is 0 Å². The molecule has 6 heteroatoms. The molecule has 0 aromatic heterocycles. The minimum atomic E-state index is -0.264. The second-order valence-electron chi connectivity index (χ2n) is 6.40. The van der Waals surface area contributed by atoms with Crippen LogP contribution < -0.4 is 0 Å². The fourth-order valence-corrected chi connectivity index (χ4v) is 3.40. The van der Waals surface area contributed by atoms with Crippen molar-refractivity contribution in [2.45, 2.75) is 13.8 Å². The van der Waals surface area contributed by atoms with E-state index in [1.54, 1.807) is 31.3 Å². The molecule has 0 bridgehead atoms. The van der Waals surface area contributed by atoms with Crippen molar-refractivity contribution in [1.29, 1.82) is 0 Å². The van der Waals surface area contributed by atoms with Gasteiger partial charge in [-0.1, -0.05) is 31.2 Å². The zero-order valence-electron chi connectivity index (χ0n) is 14.9. The summed E-state index contributed by atoms with van der Waals surface area (Å²) in [6.45, 7) is 7.47. The highest BCUT2D eigenvalue weighted by molar-refractivity contribution is 6.27. The number of hydrogen-bond donors (Lipinski definition) is 0. The number of Topliss-reactive ketones (excluding diaryl/α,β-unsaturated/α-hetero) is 2. The molecule has 1 aliphatic heterocycles. The van der Waals surface area contributed by atoms with Gasteiger partial charge in [-0.25, -0.2) is 0 Å². The number of amides is 1. The van der Waals surface area contributed by atoms with Crippen LogP contribution in [0.1, 0.15) is 34.6 Å². The maximum atomic E-state index is 13.1. The number of fused-ring (bicyclic) bond motifs is 1. The molecule has 1 fully saturated rings. The molecule has 1 amide bonds. The fraction of sp³-hybridized carbons (Fsp3) is 0.421. The normalized spacial score (nSPS) is 18.4. The smallest absolute Gasteiger partial charge is 0.223 e. The molecule has 1 aromatic carbocycles. The largest absolute Gasteiger partial charge is 0.364 e. The van der Waals surface area contributed by atoms with Crippen molar-refractivity contribution in [3.63, 3.8) is 0 Å². The molecular weight excluding hydrogens is 318 g/mol. The molecule has 0 radical (unpaired) electrons. The number of benzene rings is 1. The Morgan fingerprint density at radius 2 is 1.60 bits per heavy atom. The molecule has 3 rings (SSSR count). The van der Waals surface area contributed by atoms with Gasteiger partial charge >= 0.3 is 0 Å². The lowest BCUT2D eigenvalue weighted by atomic mass is 9.89. The Morgan fingerprint density at radius 3 is 2.12 bits per heavy atom. The van der Waals surface area contributed by atoms with Crippen molar-refractivity contribution >= 4 is 17.5 Å². The van der Waals surface area contributed by atoms with E-state index in [9.17, 15) is 14.4 Å². The third-order valence-electron chi connectivity index (χ3n) is 5.01. The first kappa shape index (κ1) is 17.4. The summed E-state index contributed by atoms with van der Waals surface area (Å²) in [5, 5.41) is 0. The number of allylic oxidation sites excluding steroid dienone is 2. The Kier molecular flexibility index (Phi) is 4.72. The van der Waals surface area contributed by atoms with Crippen LogP contribution in [-0.2, 0) is 4.79 Å². The van der Waals surface area contributed by atoms with Crippen molar-refractivity contribution in [2.24, 2.45) is 0 Å². The third kappa shape index (κ3) is 2.98. The minimum absolute atomic E-state index is 0.178. The Morgan fingerprint density at radius 1 is 1.04 bits per heavy atom. The average Bonchev–Trinajstić information content (AvgIpc) is 2.64. The summed E-state index contributed by atoms with van der Waals surface area (Å²) in [4.78, 5) is 43.7. The van der Waals surface area contributed by atoms with Gasteiger partial charge in [0.25, 0.3) is 0 Å². The average molecular weight is 341 g/mol. The van der Waals surface area contributed by atoms with Crippen LogP contribution in [0.5, 0.6) is 0 Å². The first-order chi connectivity index (χ1) is 12.0. The SMILES string of the molecule is CCN1CCN(C2=C(N(C)C(C)=O)C(=O)c3ccccc3C2=O)CC1. The lowest BCUT2D eigenvalue weighted by Gasteiger charge is -2.39. The Labute approximate surface area is 147 Å². The Balaban J connectivity index is 2.09. The summed E-state index contributed by atoms with van der Waals surface area (Å²) in [6.07, 6.45) is 0.